The van der Waals surface area contributed by atoms with Gasteiger partial charge in [-0.2, -0.15) is 0 Å². The maximum Gasteiger partial charge on any atom is 0.343 e. The first-order valence-corrected chi connectivity index (χ1v) is 5.28. The van der Waals surface area contributed by atoms with E-state index >= 15 is 0 Å². The highest BCUT2D eigenvalue weighted by Gasteiger charge is 2.08. The second-order valence-corrected chi connectivity index (χ2v) is 3.39. The molecule has 0 radical (unpaired) electrons. The number of benzene rings is 1. The fourth-order valence-electron chi connectivity index (χ4n) is 1.35. The lowest BCUT2D eigenvalue weighted by atomic mass is 10.1. The van der Waals surface area contributed by atoms with Crippen LogP contribution in [-0.2, 0) is 16.0 Å². The quantitative estimate of drug-likeness (QED) is 0.742. The number of nitrogens with two attached hydrogens (primary N) is 1. The Labute approximate surface area is 100 Å². The molecule has 0 bridgehead atoms. The smallest absolute Gasteiger partial charge is 0.343 e. The van der Waals surface area contributed by atoms with Crippen molar-refractivity contribution in [3.63, 3.8) is 0 Å². The molecule has 0 aromatic heterocycles. The Hall–Kier alpha value is -1.75. The van der Waals surface area contributed by atoms with Crippen molar-refractivity contribution in [3.05, 3.63) is 23.8 Å². The topological polar surface area (TPSA) is 70.8 Å². The largest absolute Gasteiger partial charge is 0.493 e. The molecule has 5 heteroatoms. The van der Waals surface area contributed by atoms with Gasteiger partial charge in [-0.05, 0) is 30.7 Å². The molecule has 0 aliphatic carbocycles. The molecular weight excluding hydrogens is 222 g/mol. The van der Waals surface area contributed by atoms with Crippen molar-refractivity contribution in [2.24, 2.45) is 5.73 Å². The number of ether oxygens (including phenoxy) is 3. The first kappa shape index (κ1) is 13.3. The van der Waals surface area contributed by atoms with Gasteiger partial charge in [-0.3, -0.25) is 0 Å². The summed E-state index contributed by atoms with van der Waals surface area (Å²) in [6.45, 7) is 0.418. The molecule has 0 heterocycles. The molecule has 0 saturated heterocycles. The molecule has 0 spiro atoms. The van der Waals surface area contributed by atoms with Crippen LogP contribution in [0.2, 0.25) is 0 Å². The normalized spacial score (nSPS) is 9.82. The predicted molar refractivity (Wildman–Crippen MR) is 63.3 cm³/mol. The van der Waals surface area contributed by atoms with E-state index in [4.69, 9.17) is 15.2 Å². The lowest BCUT2D eigenvalue weighted by Crippen LogP contribution is -2.13. The van der Waals surface area contributed by atoms with Crippen LogP contribution in [-0.4, -0.2) is 33.3 Å². The van der Waals surface area contributed by atoms with Gasteiger partial charge in [0.1, 0.15) is 0 Å². The molecule has 0 atom stereocenters. The summed E-state index contributed by atoms with van der Waals surface area (Å²) < 4.78 is 15.0. The molecular formula is C12H17NO4. The fourth-order valence-corrected chi connectivity index (χ4v) is 1.35. The van der Waals surface area contributed by atoms with E-state index in [0.29, 0.717) is 18.0 Å². The first-order chi connectivity index (χ1) is 8.21. The fraction of sp³-hybridized carbons (Fsp3) is 0.417. The molecule has 1 aromatic rings. The third kappa shape index (κ3) is 3.96. The molecule has 0 saturated carbocycles. The zero-order valence-corrected chi connectivity index (χ0v) is 10.1. The summed E-state index contributed by atoms with van der Waals surface area (Å²) in [5, 5.41) is 0. The van der Waals surface area contributed by atoms with Crippen molar-refractivity contribution in [1.29, 1.82) is 0 Å². The first-order valence-electron chi connectivity index (χ1n) is 5.28. The number of hydrogen-bond acceptors (Lipinski definition) is 5. The van der Waals surface area contributed by atoms with Crippen LogP contribution in [0.4, 0.5) is 0 Å². The third-order valence-electron chi connectivity index (χ3n) is 2.23. The van der Waals surface area contributed by atoms with Gasteiger partial charge in [-0.1, -0.05) is 6.07 Å². The minimum absolute atomic E-state index is 0.140. The van der Waals surface area contributed by atoms with Crippen LogP contribution in [0.1, 0.15) is 5.56 Å². The average Bonchev–Trinajstić information content (AvgIpc) is 2.36. The van der Waals surface area contributed by atoms with Crippen LogP contribution >= 0.6 is 0 Å². The molecule has 5 nitrogen and oxygen atoms in total. The zero-order valence-electron chi connectivity index (χ0n) is 10.1. The van der Waals surface area contributed by atoms with E-state index in [1.165, 1.54) is 7.11 Å². The summed E-state index contributed by atoms with van der Waals surface area (Å²) >= 11 is 0. The van der Waals surface area contributed by atoms with Crippen molar-refractivity contribution in [2.45, 2.75) is 6.42 Å². The summed E-state index contributed by atoms with van der Waals surface area (Å²) in [5.41, 5.74) is 6.51. The van der Waals surface area contributed by atoms with Gasteiger partial charge >= 0.3 is 5.97 Å². The van der Waals surface area contributed by atoms with Crippen LogP contribution in [0, 0.1) is 0 Å². The summed E-state index contributed by atoms with van der Waals surface area (Å²) in [6, 6.07) is 5.52. The molecule has 1 rings (SSSR count). The van der Waals surface area contributed by atoms with Gasteiger partial charge in [-0.15, -0.1) is 0 Å². The van der Waals surface area contributed by atoms with Crippen molar-refractivity contribution in [3.8, 4) is 11.5 Å². The minimum Gasteiger partial charge on any atom is -0.493 e. The molecule has 17 heavy (non-hydrogen) atoms. The van der Waals surface area contributed by atoms with E-state index in [9.17, 15) is 4.79 Å². The number of hydrogen-bond donors (Lipinski definition) is 1. The zero-order chi connectivity index (χ0) is 12.7. The third-order valence-corrected chi connectivity index (χ3v) is 2.23. The van der Waals surface area contributed by atoms with Crippen LogP contribution in [0.3, 0.4) is 0 Å². The van der Waals surface area contributed by atoms with Crippen LogP contribution in [0.25, 0.3) is 0 Å². The van der Waals surface area contributed by atoms with E-state index in [1.807, 2.05) is 12.1 Å². The molecule has 0 aliphatic rings. The molecule has 0 fully saturated rings. The average molecular weight is 239 g/mol. The Morgan fingerprint density at radius 2 is 2.06 bits per heavy atom. The summed E-state index contributed by atoms with van der Waals surface area (Å²) in [4.78, 5) is 11.0. The van der Waals surface area contributed by atoms with E-state index in [-0.39, 0.29) is 6.61 Å². The number of methoxy groups -OCH3 is 2. The lowest BCUT2D eigenvalue weighted by molar-refractivity contribution is -0.142. The van der Waals surface area contributed by atoms with E-state index in [2.05, 4.69) is 4.74 Å². The van der Waals surface area contributed by atoms with Gasteiger partial charge in [-0.25, -0.2) is 4.79 Å². The predicted octanol–water partition coefficient (Wildman–Crippen LogP) is 0.748. The van der Waals surface area contributed by atoms with Crippen molar-refractivity contribution >= 4 is 5.97 Å². The van der Waals surface area contributed by atoms with Crippen molar-refractivity contribution in [1.82, 2.24) is 0 Å². The number of carbonyl (C=O) groups is 1. The second-order valence-electron chi connectivity index (χ2n) is 3.39. The highest BCUT2D eigenvalue weighted by molar-refractivity contribution is 5.71. The lowest BCUT2D eigenvalue weighted by Gasteiger charge is -2.11. The van der Waals surface area contributed by atoms with Gasteiger partial charge < -0.3 is 19.9 Å². The van der Waals surface area contributed by atoms with Gasteiger partial charge in [0.25, 0.3) is 0 Å². The van der Waals surface area contributed by atoms with Crippen LogP contribution in [0.5, 0.6) is 11.5 Å². The number of carbonyl (C=O) groups excluding carboxylic acids is 1. The Kier molecular flexibility index (Phi) is 5.29. The van der Waals surface area contributed by atoms with E-state index in [1.54, 1.807) is 13.2 Å². The molecule has 0 unspecified atom stereocenters. The highest BCUT2D eigenvalue weighted by Crippen LogP contribution is 2.28. The maximum absolute atomic E-state index is 11.0. The van der Waals surface area contributed by atoms with Gasteiger partial charge in [0, 0.05) is 0 Å². The molecule has 0 amide bonds. The summed E-state index contributed by atoms with van der Waals surface area (Å²) in [6.07, 6.45) is 0.749. The molecule has 1 aromatic carbocycles. The Morgan fingerprint density at radius 3 is 2.65 bits per heavy atom. The summed E-state index contributed by atoms with van der Waals surface area (Å²) in [5.74, 6) is 0.662. The van der Waals surface area contributed by atoms with Gasteiger partial charge in [0.2, 0.25) is 0 Å². The standard InChI is InChI=1S/C12H17NO4/c1-15-10-4-3-9(5-6-13)7-11(10)17-8-12(14)16-2/h3-4,7H,5-6,8,13H2,1-2H3. The van der Waals surface area contributed by atoms with Crippen LogP contribution < -0.4 is 15.2 Å². The van der Waals surface area contributed by atoms with Gasteiger partial charge in [0.15, 0.2) is 18.1 Å². The monoisotopic (exact) mass is 239 g/mol. The molecule has 2 N–H and O–H groups in total. The Bertz CT molecular complexity index is 379. The SMILES string of the molecule is COC(=O)COc1cc(CCN)ccc1OC. The van der Waals surface area contributed by atoms with Crippen LogP contribution in [0.15, 0.2) is 18.2 Å². The highest BCUT2D eigenvalue weighted by atomic mass is 16.6. The number of esters is 1. The van der Waals surface area contributed by atoms with Crippen molar-refractivity contribution < 1.29 is 19.0 Å². The summed E-state index contributed by atoms with van der Waals surface area (Å²) in [7, 11) is 2.86. The maximum atomic E-state index is 11.0. The van der Waals surface area contributed by atoms with Gasteiger partial charge in [0.05, 0.1) is 14.2 Å². The molecule has 0 aliphatic heterocycles. The van der Waals surface area contributed by atoms with Crippen molar-refractivity contribution in [2.75, 3.05) is 27.4 Å². The Morgan fingerprint density at radius 1 is 1.29 bits per heavy atom. The Balaban J connectivity index is 2.78. The van der Waals surface area contributed by atoms with E-state index < -0.39 is 5.97 Å². The van der Waals surface area contributed by atoms with E-state index in [0.717, 1.165) is 12.0 Å². The minimum atomic E-state index is -0.434. The number of rotatable bonds is 6. The molecule has 94 valence electrons. The second kappa shape index (κ2) is 6.75.